The highest BCUT2D eigenvalue weighted by Crippen LogP contribution is 2.34. The van der Waals surface area contributed by atoms with Crippen LogP contribution in [0.3, 0.4) is 0 Å². The monoisotopic (exact) mass is 269 g/mol. The molecule has 0 aliphatic heterocycles. The number of furan rings is 1. The van der Waals surface area contributed by atoms with Gasteiger partial charge in [0.05, 0.1) is 0 Å². The molecule has 1 aromatic heterocycles. The highest BCUT2D eigenvalue weighted by molar-refractivity contribution is 5.92. The van der Waals surface area contributed by atoms with Gasteiger partial charge in [-0.05, 0) is 43.9 Å². The van der Waals surface area contributed by atoms with Crippen molar-refractivity contribution in [1.82, 2.24) is 4.90 Å². The summed E-state index contributed by atoms with van der Waals surface area (Å²) in [6.07, 6.45) is 5.83. The number of likely N-dealkylation sites (N-methyl/N-ethyl adjacent to an activating group) is 1. The number of benzene rings is 1. The van der Waals surface area contributed by atoms with Gasteiger partial charge in [-0.15, -0.1) is 0 Å². The zero-order valence-electron chi connectivity index (χ0n) is 11.9. The molecule has 2 aromatic rings. The SMILES string of the molecule is CC(C1CC1)N(C)C(=O)/C=C/c1cc2ccccc2o1. The summed E-state index contributed by atoms with van der Waals surface area (Å²) < 4.78 is 5.66. The topological polar surface area (TPSA) is 33.5 Å². The number of carbonyl (C=O) groups is 1. The van der Waals surface area contributed by atoms with E-state index in [0.717, 1.165) is 11.0 Å². The van der Waals surface area contributed by atoms with Gasteiger partial charge in [-0.3, -0.25) is 4.79 Å². The van der Waals surface area contributed by atoms with Crippen LogP contribution in [-0.2, 0) is 4.79 Å². The molecule has 1 amide bonds. The highest BCUT2D eigenvalue weighted by atomic mass is 16.3. The van der Waals surface area contributed by atoms with Gasteiger partial charge in [0.15, 0.2) is 0 Å². The van der Waals surface area contributed by atoms with E-state index in [4.69, 9.17) is 4.42 Å². The van der Waals surface area contributed by atoms with E-state index >= 15 is 0 Å². The second-order valence-corrected chi connectivity index (χ2v) is 5.55. The summed E-state index contributed by atoms with van der Waals surface area (Å²) in [4.78, 5) is 13.9. The van der Waals surface area contributed by atoms with Crippen molar-refractivity contribution in [3.05, 3.63) is 42.2 Å². The zero-order valence-corrected chi connectivity index (χ0v) is 11.9. The number of carbonyl (C=O) groups excluding carboxylic acids is 1. The lowest BCUT2D eigenvalue weighted by Gasteiger charge is -2.23. The van der Waals surface area contributed by atoms with Crippen molar-refractivity contribution in [2.24, 2.45) is 5.92 Å². The van der Waals surface area contributed by atoms with Crippen molar-refractivity contribution in [3.63, 3.8) is 0 Å². The first kappa shape index (κ1) is 13.0. The van der Waals surface area contributed by atoms with Crippen molar-refractivity contribution >= 4 is 23.0 Å². The number of hydrogen-bond acceptors (Lipinski definition) is 2. The molecule has 1 aliphatic rings. The Hall–Kier alpha value is -2.03. The van der Waals surface area contributed by atoms with E-state index in [0.29, 0.717) is 17.7 Å². The Morgan fingerprint density at radius 1 is 1.40 bits per heavy atom. The number of amides is 1. The molecule has 1 unspecified atom stereocenters. The summed E-state index contributed by atoms with van der Waals surface area (Å²) in [5.41, 5.74) is 0.847. The van der Waals surface area contributed by atoms with Crippen molar-refractivity contribution in [1.29, 1.82) is 0 Å². The maximum absolute atomic E-state index is 12.1. The van der Waals surface area contributed by atoms with Crippen molar-refractivity contribution < 1.29 is 9.21 Å². The molecule has 0 radical (unpaired) electrons. The Bertz CT molecular complexity index is 619. The van der Waals surface area contributed by atoms with Crippen LogP contribution < -0.4 is 0 Å². The van der Waals surface area contributed by atoms with Crippen LogP contribution in [-0.4, -0.2) is 23.9 Å². The van der Waals surface area contributed by atoms with Crippen molar-refractivity contribution in [3.8, 4) is 0 Å². The van der Waals surface area contributed by atoms with Crippen LogP contribution in [0.1, 0.15) is 25.5 Å². The third-order valence-electron chi connectivity index (χ3n) is 4.10. The average molecular weight is 269 g/mol. The smallest absolute Gasteiger partial charge is 0.246 e. The number of para-hydroxylation sites is 1. The second kappa shape index (κ2) is 5.16. The van der Waals surface area contributed by atoms with Crippen LogP contribution in [0.25, 0.3) is 17.0 Å². The molecule has 3 nitrogen and oxygen atoms in total. The third kappa shape index (κ3) is 2.62. The van der Waals surface area contributed by atoms with Crippen molar-refractivity contribution in [2.45, 2.75) is 25.8 Å². The van der Waals surface area contributed by atoms with Crippen LogP contribution in [0.2, 0.25) is 0 Å². The van der Waals surface area contributed by atoms with Crippen LogP contribution in [0.15, 0.2) is 40.8 Å². The van der Waals surface area contributed by atoms with Crippen LogP contribution in [0, 0.1) is 5.92 Å². The predicted octanol–water partition coefficient (Wildman–Crippen LogP) is 3.70. The first-order valence-electron chi connectivity index (χ1n) is 7.08. The lowest BCUT2D eigenvalue weighted by atomic mass is 10.2. The van der Waals surface area contributed by atoms with Gasteiger partial charge < -0.3 is 9.32 Å². The Kier molecular flexibility index (Phi) is 3.35. The van der Waals surface area contributed by atoms with Crippen LogP contribution in [0.4, 0.5) is 0 Å². The van der Waals surface area contributed by atoms with E-state index in [1.54, 1.807) is 12.2 Å². The highest BCUT2D eigenvalue weighted by Gasteiger charge is 2.31. The predicted molar refractivity (Wildman–Crippen MR) is 80.2 cm³/mol. The van der Waals surface area contributed by atoms with Gasteiger partial charge >= 0.3 is 0 Å². The number of hydrogen-bond donors (Lipinski definition) is 0. The molecule has 0 spiro atoms. The Morgan fingerprint density at radius 2 is 2.15 bits per heavy atom. The third-order valence-corrected chi connectivity index (χ3v) is 4.10. The van der Waals surface area contributed by atoms with Gasteiger partial charge in [-0.25, -0.2) is 0 Å². The first-order valence-corrected chi connectivity index (χ1v) is 7.08. The number of rotatable bonds is 4. The van der Waals surface area contributed by atoms with E-state index in [1.165, 1.54) is 12.8 Å². The number of fused-ring (bicyclic) bond motifs is 1. The average Bonchev–Trinajstić information content (AvgIpc) is 3.22. The Labute approximate surface area is 118 Å². The maximum Gasteiger partial charge on any atom is 0.246 e. The minimum Gasteiger partial charge on any atom is -0.457 e. The molecular formula is C17H19NO2. The van der Waals surface area contributed by atoms with Gasteiger partial charge in [0.2, 0.25) is 5.91 Å². The standard InChI is InChI=1S/C17H19NO2/c1-12(13-7-8-13)18(2)17(19)10-9-15-11-14-5-3-4-6-16(14)20-15/h3-6,9-13H,7-8H2,1-2H3/b10-9+. The molecule has 20 heavy (non-hydrogen) atoms. The Balaban J connectivity index is 1.70. The van der Waals surface area contributed by atoms with Gasteiger partial charge in [-0.1, -0.05) is 18.2 Å². The summed E-state index contributed by atoms with van der Waals surface area (Å²) in [5, 5.41) is 1.05. The van der Waals surface area contributed by atoms with Gasteiger partial charge in [-0.2, -0.15) is 0 Å². The van der Waals surface area contributed by atoms with E-state index in [2.05, 4.69) is 6.92 Å². The fourth-order valence-corrected chi connectivity index (χ4v) is 2.45. The summed E-state index contributed by atoms with van der Waals surface area (Å²) in [6.45, 7) is 2.12. The fourth-order valence-electron chi connectivity index (χ4n) is 2.45. The summed E-state index contributed by atoms with van der Waals surface area (Å²) in [7, 11) is 1.87. The van der Waals surface area contributed by atoms with Crippen LogP contribution >= 0.6 is 0 Å². The van der Waals surface area contributed by atoms with Gasteiger partial charge in [0, 0.05) is 24.6 Å². The van der Waals surface area contributed by atoms with Gasteiger partial charge in [0.1, 0.15) is 11.3 Å². The minimum absolute atomic E-state index is 0.0323. The fraction of sp³-hybridized carbons (Fsp3) is 0.353. The number of nitrogens with zero attached hydrogens (tertiary/aromatic N) is 1. The molecule has 0 saturated heterocycles. The molecule has 0 bridgehead atoms. The molecule has 1 atom stereocenters. The van der Waals surface area contributed by atoms with Crippen molar-refractivity contribution in [2.75, 3.05) is 7.05 Å². The first-order chi connectivity index (χ1) is 9.65. The summed E-state index contributed by atoms with van der Waals surface area (Å²) in [5.74, 6) is 1.43. The Morgan fingerprint density at radius 3 is 2.85 bits per heavy atom. The van der Waals surface area contributed by atoms with Crippen LogP contribution in [0.5, 0.6) is 0 Å². The molecule has 1 heterocycles. The molecule has 1 aromatic carbocycles. The molecule has 1 saturated carbocycles. The zero-order chi connectivity index (χ0) is 14.1. The van der Waals surface area contributed by atoms with E-state index < -0.39 is 0 Å². The molecule has 1 aliphatic carbocycles. The lowest BCUT2D eigenvalue weighted by molar-refractivity contribution is -0.126. The lowest BCUT2D eigenvalue weighted by Crippen LogP contribution is -2.35. The van der Waals surface area contributed by atoms with Gasteiger partial charge in [0.25, 0.3) is 0 Å². The molecular weight excluding hydrogens is 250 g/mol. The van der Waals surface area contributed by atoms with E-state index in [1.807, 2.05) is 42.3 Å². The largest absolute Gasteiger partial charge is 0.457 e. The summed E-state index contributed by atoms with van der Waals surface area (Å²) in [6, 6.07) is 10.1. The molecule has 104 valence electrons. The van der Waals surface area contributed by atoms with E-state index in [-0.39, 0.29) is 5.91 Å². The maximum atomic E-state index is 12.1. The second-order valence-electron chi connectivity index (χ2n) is 5.55. The minimum atomic E-state index is 0.0323. The van der Waals surface area contributed by atoms with E-state index in [9.17, 15) is 4.79 Å². The summed E-state index contributed by atoms with van der Waals surface area (Å²) >= 11 is 0. The molecule has 0 N–H and O–H groups in total. The quantitative estimate of drug-likeness (QED) is 0.793. The molecule has 3 heteroatoms. The molecule has 1 fully saturated rings. The molecule has 3 rings (SSSR count). The normalized spacial score (nSPS) is 16.7.